The van der Waals surface area contributed by atoms with Crippen LogP contribution in [-0.2, 0) is 6.42 Å². The van der Waals surface area contributed by atoms with Gasteiger partial charge < -0.3 is 5.32 Å². The van der Waals surface area contributed by atoms with Crippen molar-refractivity contribution in [2.75, 3.05) is 6.54 Å². The molecule has 0 saturated carbocycles. The zero-order chi connectivity index (χ0) is 11.6. The minimum atomic E-state index is 0.564. The number of unbranched alkanes of at least 4 members (excludes halogenated alkanes) is 1. The first-order valence-electron chi connectivity index (χ1n) is 6.21. The maximum Gasteiger partial charge on any atom is 0.00731 e. The molecule has 16 heavy (non-hydrogen) atoms. The van der Waals surface area contributed by atoms with E-state index in [1.165, 1.54) is 24.8 Å². The Kier molecular flexibility index (Phi) is 6.59. The molecule has 1 aromatic rings. The number of hydrogen-bond donors (Lipinski definition) is 1. The summed E-state index contributed by atoms with van der Waals surface area (Å²) in [6.07, 6.45) is 6.73. The molecule has 1 rings (SSSR count). The Labute approximate surface area is 99.6 Å². The van der Waals surface area contributed by atoms with Crippen LogP contribution in [0.15, 0.2) is 43.0 Å². The van der Waals surface area contributed by atoms with Crippen molar-refractivity contribution in [3.8, 4) is 0 Å². The van der Waals surface area contributed by atoms with Gasteiger partial charge in [-0.15, -0.1) is 6.58 Å². The molecular formula is C15H23N. The zero-order valence-corrected chi connectivity index (χ0v) is 10.3. The van der Waals surface area contributed by atoms with Crippen molar-refractivity contribution < 1.29 is 0 Å². The van der Waals surface area contributed by atoms with Gasteiger partial charge in [-0.2, -0.15) is 0 Å². The molecule has 0 saturated heterocycles. The number of hydrogen-bond acceptors (Lipinski definition) is 1. The highest BCUT2D eigenvalue weighted by atomic mass is 14.9. The van der Waals surface area contributed by atoms with Crippen LogP contribution in [0, 0.1) is 0 Å². The molecule has 1 unspecified atom stereocenters. The Hall–Kier alpha value is -1.08. The number of nitrogens with one attached hydrogen (secondary N) is 1. The Balaban J connectivity index is 2.02. The largest absolute Gasteiger partial charge is 0.314 e. The molecule has 0 fully saturated rings. The van der Waals surface area contributed by atoms with E-state index in [0.29, 0.717) is 6.04 Å². The van der Waals surface area contributed by atoms with Gasteiger partial charge in [-0.25, -0.2) is 0 Å². The minimum absolute atomic E-state index is 0.564. The van der Waals surface area contributed by atoms with E-state index in [1.807, 2.05) is 6.08 Å². The molecule has 1 nitrogen and oxygen atoms in total. The lowest BCUT2D eigenvalue weighted by molar-refractivity contribution is 0.531. The average Bonchev–Trinajstić information content (AvgIpc) is 2.30. The highest BCUT2D eigenvalue weighted by molar-refractivity contribution is 5.14. The first kappa shape index (κ1) is 13.0. The predicted molar refractivity (Wildman–Crippen MR) is 71.7 cm³/mol. The Morgan fingerprint density at radius 2 is 2.00 bits per heavy atom. The summed E-state index contributed by atoms with van der Waals surface area (Å²) in [6.45, 7) is 7.06. The van der Waals surface area contributed by atoms with Crippen molar-refractivity contribution in [1.82, 2.24) is 5.32 Å². The molecule has 0 bridgehead atoms. The third-order valence-electron chi connectivity index (χ3n) is 2.75. The Morgan fingerprint density at radius 3 is 2.69 bits per heavy atom. The van der Waals surface area contributed by atoms with Gasteiger partial charge in [-0.3, -0.25) is 0 Å². The van der Waals surface area contributed by atoms with E-state index in [4.69, 9.17) is 0 Å². The summed E-state index contributed by atoms with van der Waals surface area (Å²) in [6, 6.07) is 11.3. The van der Waals surface area contributed by atoms with Crippen molar-refractivity contribution in [2.45, 2.75) is 38.6 Å². The van der Waals surface area contributed by atoms with Gasteiger partial charge in [0.15, 0.2) is 0 Å². The number of rotatable bonds is 8. The van der Waals surface area contributed by atoms with Crippen LogP contribution in [0.4, 0.5) is 0 Å². The molecule has 0 aliphatic carbocycles. The van der Waals surface area contributed by atoms with E-state index in [9.17, 15) is 0 Å². The van der Waals surface area contributed by atoms with Crippen LogP contribution >= 0.6 is 0 Å². The van der Waals surface area contributed by atoms with E-state index in [0.717, 1.165) is 13.0 Å². The second-order valence-corrected chi connectivity index (χ2v) is 4.32. The zero-order valence-electron chi connectivity index (χ0n) is 10.3. The van der Waals surface area contributed by atoms with Crippen LogP contribution < -0.4 is 5.32 Å². The topological polar surface area (TPSA) is 12.0 Å². The molecule has 88 valence electrons. The van der Waals surface area contributed by atoms with Gasteiger partial charge in [0, 0.05) is 6.04 Å². The molecule has 0 heterocycles. The summed E-state index contributed by atoms with van der Waals surface area (Å²) < 4.78 is 0. The molecule has 0 aliphatic rings. The molecule has 1 atom stereocenters. The van der Waals surface area contributed by atoms with E-state index in [-0.39, 0.29) is 0 Å². The van der Waals surface area contributed by atoms with Crippen LogP contribution in [0.5, 0.6) is 0 Å². The summed E-state index contributed by atoms with van der Waals surface area (Å²) in [7, 11) is 0. The van der Waals surface area contributed by atoms with E-state index in [2.05, 4.69) is 49.2 Å². The SMILES string of the molecule is C=CCC(C)NCCCCc1ccccc1. The molecule has 0 amide bonds. The van der Waals surface area contributed by atoms with Gasteiger partial charge >= 0.3 is 0 Å². The van der Waals surface area contributed by atoms with Crippen LogP contribution in [0.2, 0.25) is 0 Å². The van der Waals surface area contributed by atoms with Crippen molar-refractivity contribution in [3.05, 3.63) is 48.6 Å². The van der Waals surface area contributed by atoms with Crippen LogP contribution in [0.1, 0.15) is 31.7 Å². The number of aryl methyl sites for hydroxylation is 1. The van der Waals surface area contributed by atoms with Crippen LogP contribution in [-0.4, -0.2) is 12.6 Å². The van der Waals surface area contributed by atoms with E-state index in [1.54, 1.807) is 0 Å². The fourth-order valence-electron chi connectivity index (χ4n) is 1.78. The minimum Gasteiger partial charge on any atom is -0.314 e. The molecule has 1 N–H and O–H groups in total. The summed E-state index contributed by atoms with van der Waals surface area (Å²) in [4.78, 5) is 0. The number of benzene rings is 1. The van der Waals surface area contributed by atoms with Crippen LogP contribution in [0.3, 0.4) is 0 Å². The first-order chi connectivity index (χ1) is 7.83. The van der Waals surface area contributed by atoms with E-state index < -0.39 is 0 Å². The normalized spacial score (nSPS) is 12.3. The lowest BCUT2D eigenvalue weighted by Crippen LogP contribution is -2.26. The fraction of sp³-hybridized carbons (Fsp3) is 0.467. The quantitative estimate of drug-likeness (QED) is 0.518. The highest BCUT2D eigenvalue weighted by Gasteiger charge is 1.97. The van der Waals surface area contributed by atoms with Gasteiger partial charge in [0.05, 0.1) is 0 Å². The van der Waals surface area contributed by atoms with Gasteiger partial charge in [0.2, 0.25) is 0 Å². The third kappa shape index (κ3) is 5.72. The first-order valence-corrected chi connectivity index (χ1v) is 6.21. The van der Waals surface area contributed by atoms with Crippen LogP contribution in [0.25, 0.3) is 0 Å². The molecule has 0 spiro atoms. The molecule has 0 radical (unpaired) electrons. The molecule has 1 aromatic carbocycles. The smallest absolute Gasteiger partial charge is 0.00731 e. The fourth-order valence-corrected chi connectivity index (χ4v) is 1.78. The maximum atomic E-state index is 3.74. The Bertz CT molecular complexity index is 279. The second-order valence-electron chi connectivity index (χ2n) is 4.32. The predicted octanol–water partition coefficient (Wildman–Crippen LogP) is 3.56. The lowest BCUT2D eigenvalue weighted by atomic mass is 10.1. The van der Waals surface area contributed by atoms with Crippen molar-refractivity contribution in [1.29, 1.82) is 0 Å². The summed E-state index contributed by atoms with van der Waals surface area (Å²) in [5.74, 6) is 0. The standard InChI is InChI=1S/C15H23N/c1-3-9-14(2)16-13-8-7-12-15-10-5-4-6-11-15/h3-6,10-11,14,16H,1,7-9,12-13H2,2H3. The maximum absolute atomic E-state index is 3.74. The molecule has 0 aliphatic heterocycles. The summed E-state index contributed by atoms with van der Waals surface area (Å²) >= 11 is 0. The molecule has 0 aromatic heterocycles. The van der Waals surface area contributed by atoms with Crippen molar-refractivity contribution >= 4 is 0 Å². The van der Waals surface area contributed by atoms with Gasteiger partial charge in [-0.1, -0.05) is 36.4 Å². The average molecular weight is 217 g/mol. The monoisotopic (exact) mass is 217 g/mol. The molecular weight excluding hydrogens is 194 g/mol. The van der Waals surface area contributed by atoms with Crippen molar-refractivity contribution in [2.24, 2.45) is 0 Å². The highest BCUT2D eigenvalue weighted by Crippen LogP contribution is 2.04. The summed E-state index contributed by atoms with van der Waals surface area (Å²) in [5, 5.41) is 3.50. The van der Waals surface area contributed by atoms with Gasteiger partial charge in [0.25, 0.3) is 0 Å². The van der Waals surface area contributed by atoms with Gasteiger partial charge in [0.1, 0.15) is 0 Å². The lowest BCUT2D eigenvalue weighted by Gasteiger charge is -2.11. The van der Waals surface area contributed by atoms with Gasteiger partial charge in [-0.05, 0) is 44.7 Å². The Morgan fingerprint density at radius 1 is 1.25 bits per heavy atom. The van der Waals surface area contributed by atoms with Crippen molar-refractivity contribution in [3.63, 3.8) is 0 Å². The molecule has 1 heteroatoms. The third-order valence-corrected chi connectivity index (χ3v) is 2.75. The summed E-state index contributed by atoms with van der Waals surface area (Å²) in [5.41, 5.74) is 1.45. The second kappa shape index (κ2) is 8.12. The van der Waals surface area contributed by atoms with E-state index >= 15 is 0 Å².